The Morgan fingerprint density at radius 3 is 2.71 bits per heavy atom. The van der Waals surface area contributed by atoms with Crippen LogP contribution < -0.4 is 0 Å². The van der Waals surface area contributed by atoms with E-state index in [4.69, 9.17) is 0 Å². The summed E-state index contributed by atoms with van der Waals surface area (Å²) in [4.78, 5) is 14.1. The van der Waals surface area contributed by atoms with Crippen molar-refractivity contribution in [2.24, 2.45) is 0 Å². The summed E-state index contributed by atoms with van der Waals surface area (Å²) < 4.78 is 27.2. The molecule has 2 aliphatic heterocycles. The topological polar surface area (TPSA) is 57.7 Å². The maximum atomic E-state index is 12.8. The van der Waals surface area contributed by atoms with Gasteiger partial charge < -0.3 is 4.90 Å². The van der Waals surface area contributed by atoms with Gasteiger partial charge in [-0.2, -0.15) is 4.31 Å². The van der Waals surface area contributed by atoms with E-state index in [-0.39, 0.29) is 18.0 Å². The van der Waals surface area contributed by atoms with E-state index in [2.05, 4.69) is 0 Å². The van der Waals surface area contributed by atoms with Crippen LogP contribution in [0.15, 0.2) is 29.2 Å². The van der Waals surface area contributed by atoms with Crippen molar-refractivity contribution in [2.45, 2.75) is 43.7 Å². The summed E-state index contributed by atoms with van der Waals surface area (Å²) in [6.45, 7) is 4.97. The molecule has 0 spiro atoms. The zero-order chi connectivity index (χ0) is 15.2. The van der Waals surface area contributed by atoms with Crippen LogP contribution >= 0.6 is 0 Å². The van der Waals surface area contributed by atoms with Gasteiger partial charge in [0.25, 0.3) is 0 Å². The third kappa shape index (κ3) is 2.26. The van der Waals surface area contributed by atoms with Crippen LogP contribution in [0.3, 0.4) is 0 Å². The van der Waals surface area contributed by atoms with Gasteiger partial charge in [0.15, 0.2) is 0 Å². The lowest BCUT2D eigenvalue weighted by molar-refractivity contribution is -0.128. The molecule has 2 fully saturated rings. The summed E-state index contributed by atoms with van der Waals surface area (Å²) >= 11 is 0. The molecule has 0 N–H and O–H groups in total. The van der Waals surface area contributed by atoms with E-state index in [1.165, 1.54) is 4.31 Å². The van der Waals surface area contributed by atoms with Gasteiger partial charge in [-0.1, -0.05) is 12.1 Å². The number of sulfonamides is 1. The first-order chi connectivity index (χ1) is 9.95. The molecule has 114 valence electrons. The maximum Gasteiger partial charge on any atom is 0.243 e. The standard InChI is InChI=1S/C15H20N2O3S/c1-3-16-13-7-8-17(14(13)10-15(16)18)21(19,20)12-6-4-5-11(2)9-12/h4-6,9,13-14H,3,7-8,10H2,1-2H3/t13-,14+/m0/s1. The molecule has 6 heteroatoms. The molecule has 21 heavy (non-hydrogen) atoms. The highest BCUT2D eigenvalue weighted by molar-refractivity contribution is 7.89. The van der Waals surface area contributed by atoms with Gasteiger partial charge in [-0.05, 0) is 38.0 Å². The second-order valence-electron chi connectivity index (χ2n) is 5.74. The maximum absolute atomic E-state index is 12.8. The van der Waals surface area contributed by atoms with Crippen LogP contribution in [0, 0.1) is 6.92 Å². The number of likely N-dealkylation sites (N-methyl/N-ethyl adjacent to an activating group) is 1. The molecule has 2 atom stereocenters. The smallest absolute Gasteiger partial charge is 0.243 e. The van der Waals surface area contributed by atoms with Gasteiger partial charge in [0.05, 0.1) is 17.0 Å². The summed E-state index contributed by atoms with van der Waals surface area (Å²) in [7, 11) is -3.52. The Morgan fingerprint density at radius 2 is 2.05 bits per heavy atom. The van der Waals surface area contributed by atoms with Crippen molar-refractivity contribution in [1.29, 1.82) is 0 Å². The van der Waals surface area contributed by atoms with Crippen LogP contribution in [0.2, 0.25) is 0 Å². The minimum absolute atomic E-state index is 0.0436. The Morgan fingerprint density at radius 1 is 1.29 bits per heavy atom. The molecular weight excluding hydrogens is 288 g/mol. The number of amides is 1. The van der Waals surface area contributed by atoms with Crippen LogP contribution in [0.4, 0.5) is 0 Å². The predicted molar refractivity (Wildman–Crippen MR) is 79.3 cm³/mol. The zero-order valence-corrected chi connectivity index (χ0v) is 13.1. The van der Waals surface area contributed by atoms with Gasteiger partial charge in [-0.3, -0.25) is 4.79 Å². The summed E-state index contributed by atoms with van der Waals surface area (Å²) in [5.41, 5.74) is 0.921. The van der Waals surface area contributed by atoms with Crippen LogP contribution in [-0.2, 0) is 14.8 Å². The fraction of sp³-hybridized carbons (Fsp3) is 0.533. The van der Waals surface area contributed by atoms with Crippen LogP contribution in [0.5, 0.6) is 0 Å². The average molecular weight is 308 g/mol. The van der Waals surface area contributed by atoms with Crippen molar-refractivity contribution in [2.75, 3.05) is 13.1 Å². The van der Waals surface area contributed by atoms with Crippen molar-refractivity contribution >= 4 is 15.9 Å². The van der Waals surface area contributed by atoms with Crippen molar-refractivity contribution in [3.05, 3.63) is 29.8 Å². The van der Waals surface area contributed by atoms with Gasteiger partial charge in [-0.15, -0.1) is 0 Å². The van der Waals surface area contributed by atoms with Gasteiger partial charge >= 0.3 is 0 Å². The highest BCUT2D eigenvalue weighted by Gasteiger charge is 2.50. The summed E-state index contributed by atoms with van der Waals surface area (Å²) in [6, 6.07) is 6.80. The Labute approximate surface area is 125 Å². The lowest BCUT2D eigenvalue weighted by Gasteiger charge is -2.24. The second-order valence-corrected chi connectivity index (χ2v) is 7.63. The van der Waals surface area contributed by atoms with Gasteiger partial charge in [0.1, 0.15) is 0 Å². The Kier molecular flexibility index (Phi) is 3.53. The highest BCUT2D eigenvalue weighted by atomic mass is 32.2. The van der Waals surface area contributed by atoms with Crippen LogP contribution in [0.1, 0.15) is 25.3 Å². The fourth-order valence-electron chi connectivity index (χ4n) is 3.51. The third-order valence-corrected chi connectivity index (χ3v) is 6.42. The minimum Gasteiger partial charge on any atom is -0.338 e. The average Bonchev–Trinajstić information content (AvgIpc) is 2.96. The number of nitrogens with zero attached hydrogens (tertiary/aromatic N) is 2. The number of carbonyl (C=O) groups excluding carboxylic acids is 1. The Balaban J connectivity index is 1.93. The molecule has 2 aliphatic rings. The van der Waals surface area contributed by atoms with Crippen molar-refractivity contribution in [3.63, 3.8) is 0 Å². The number of benzene rings is 1. The molecule has 3 rings (SSSR count). The van der Waals surface area contributed by atoms with Crippen LogP contribution in [-0.4, -0.2) is 48.7 Å². The molecule has 5 nitrogen and oxygen atoms in total. The van der Waals surface area contributed by atoms with Gasteiger partial charge in [0.2, 0.25) is 15.9 Å². The van der Waals surface area contributed by atoms with E-state index in [1.54, 1.807) is 18.2 Å². The molecule has 0 radical (unpaired) electrons. The molecule has 0 aliphatic carbocycles. The van der Waals surface area contributed by atoms with E-state index < -0.39 is 10.0 Å². The van der Waals surface area contributed by atoms with Crippen LogP contribution in [0.25, 0.3) is 0 Å². The monoisotopic (exact) mass is 308 g/mol. The Bertz CT molecular complexity index is 671. The minimum atomic E-state index is -3.52. The first-order valence-electron chi connectivity index (χ1n) is 7.33. The largest absolute Gasteiger partial charge is 0.338 e. The molecule has 0 saturated carbocycles. The first-order valence-corrected chi connectivity index (χ1v) is 8.77. The lowest BCUT2D eigenvalue weighted by Crippen LogP contribution is -2.39. The number of rotatable bonds is 3. The summed E-state index contributed by atoms with van der Waals surface area (Å²) in [6.07, 6.45) is 1.04. The molecule has 0 aromatic heterocycles. The van der Waals surface area contributed by atoms with E-state index in [0.29, 0.717) is 24.4 Å². The predicted octanol–water partition coefficient (Wildman–Crippen LogP) is 1.38. The lowest BCUT2D eigenvalue weighted by atomic mass is 10.1. The molecule has 2 heterocycles. The molecule has 2 saturated heterocycles. The van der Waals surface area contributed by atoms with E-state index >= 15 is 0 Å². The quantitative estimate of drug-likeness (QED) is 0.847. The number of likely N-dealkylation sites (tertiary alicyclic amines) is 1. The third-order valence-electron chi connectivity index (χ3n) is 4.50. The zero-order valence-electron chi connectivity index (χ0n) is 12.3. The second kappa shape index (κ2) is 5.10. The van der Waals surface area contributed by atoms with Crippen molar-refractivity contribution in [1.82, 2.24) is 9.21 Å². The first kappa shape index (κ1) is 14.5. The molecule has 1 amide bonds. The highest BCUT2D eigenvalue weighted by Crippen LogP contribution is 2.35. The Hall–Kier alpha value is -1.40. The van der Waals surface area contributed by atoms with Crippen molar-refractivity contribution < 1.29 is 13.2 Å². The summed E-state index contributed by atoms with van der Waals surface area (Å²) in [5.74, 6) is 0.0663. The number of hydrogen-bond acceptors (Lipinski definition) is 3. The van der Waals surface area contributed by atoms with Crippen molar-refractivity contribution in [3.8, 4) is 0 Å². The van der Waals surface area contributed by atoms with E-state index in [1.807, 2.05) is 24.8 Å². The number of fused-ring (bicyclic) bond motifs is 1. The summed E-state index contributed by atoms with van der Waals surface area (Å²) in [5, 5.41) is 0. The molecule has 1 aromatic carbocycles. The van der Waals surface area contributed by atoms with E-state index in [0.717, 1.165) is 12.0 Å². The number of carbonyl (C=O) groups is 1. The van der Waals surface area contributed by atoms with E-state index in [9.17, 15) is 13.2 Å². The fourth-order valence-corrected chi connectivity index (χ4v) is 5.29. The molecule has 0 unspecified atom stereocenters. The number of aryl methyl sites for hydroxylation is 1. The van der Waals surface area contributed by atoms with Gasteiger partial charge in [0, 0.05) is 19.5 Å². The SMILES string of the molecule is CCN1C(=O)C[C@@H]2[C@@H]1CCN2S(=O)(=O)c1cccc(C)c1. The normalized spacial score (nSPS) is 26.4. The molecule has 1 aromatic rings. The molecule has 0 bridgehead atoms. The van der Waals surface area contributed by atoms with Gasteiger partial charge in [-0.25, -0.2) is 8.42 Å². The number of hydrogen-bond donors (Lipinski definition) is 0. The molecular formula is C15H20N2O3S.